The molecule has 5 heterocycles. The van der Waals surface area contributed by atoms with Crippen LogP contribution < -0.4 is 11.2 Å². The summed E-state index contributed by atoms with van der Waals surface area (Å²) in [4.78, 5) is 57.3. The fraction of sp³-hybridized carbons (Fsp3) is 0.808. The van der Waals surface area contributed by atoms with Gasteiger partial charge in [0.05, 0.1) is 19.7 Å². The van der Waals surface area contributed by atoms with Gasteiger partial charge in [0.2, 0.25) is 0 Å². The molecule has 2 bridgehead atoms. The number of carbonyl (C=O) groups excluding carboxylic acids is 1. The van der Waals surface area contributed by atoms with Crippen molar-refractivity contribution < 1.29 is 42.1 Å². The number of piperazine rings is 3. The predicted molar refractivity (Wildman–Crippen MR) is 145 cm³/mol. The Bertz CT molecular complexity index is 1170. The number of rotatable bonds is 14. The number of nitrogens with one attached hydrogen (secondary N) is 1. The number of aromatic amines is 1. The first kappa shape index (κ1) is 31.1. The van der Waals surface area contributed by atoms with E-state index in [2.05, 4.69) is 16.4 Å². The molecular formula is C26H45N4O9P+2. The lowest BCUT2D eigenvalue weighted by atomic mass is 10.0. The number of unbranched alkanes of at least 4 members (excludes halogenated alkanes) is 3. The number of phosphoric ester groups is 1. The molecule has 0 unspecified atom stereocenters. The molecule has 226 valence electrons. The summed E-state index contributed by atoms with van der Waals surface area (Å²) in [6.07, 6.45) is 4.39. The standard InChI is InChI=1S/C26H43N4O9P/c1-3-4-6-9-29-11-14-30(15-12-29,16-13-29)10-7-5-8-24(31)39-21-17-23(38-22(21)19-37-40(34,35)36)28-18-20(2)25(32)27-26(28)33/h18,21-23H,3-17,19H2,1-2H3,(H-2,27,32,33,34,35,36)/p+2/t21-,22+,23+,29?,30?/m0/s1. The number of hydrogen-bond acceptors (Lipinski definition) is 7. The van der Waals surface area contributed by atoms with E-state index in [0.717, 1.165) is 17.4 Å². The third-order valence-electron chi connectivity index (χ3n) is 8.97. The largest absolute Gasteiger partial charge is 0.469 e. The topological polar surface area (TPSA) is 157 Å². The first-order valence-corrected chi connectivity index (χ1v) is 16.0. The van der Waals surface area contributed by atoms with E-state index in [4.69, 9.17) is 19.3 Å². The van der Waals surface area contributed by atoms with Gasteiger partial charge in [-0.3, -0.25) is 23.7 Å². The monoisotopic (exact) mass is 588 g/mol. The maximum atomic E-state index is 12.7. The molecular weight excluding hydrogens is 543 g/mol. The van der Waals surface area contributed by atoms with Crippen molar-refractivity contribution in [3.8, 4) is 0 Å². The van der Waals surface area contributed by atoms with Crippen LogP contribution in [-0.4, -0.2) is 105 Å². The van der Waals surface area contributed by atoms with Crippen LogP contribution in [0.3, 0.4) is 0 Å². The van der Waals surface area contributed by atoms with Gasteiger partial charge in [0.25, 0.3) is 5.56 Å². The molecule has 14 heteroatoms. The van der Waals surface area contributed by atoms with Gasteiger partial charge in [0.1, 0.15) is 57.7 Å². The van der Waals surface area contributed by atoms with E-state index < -0.39 is 50.1 Å². The highest BCUT2D eigenvalue weighted by molar-refractivity contribution is 7.46. The minimum Gasteiger partial charge on any atom is -0.459 e. The second-order valence-electron chi connectivity index (χ2n) is 11.8. The quantitative estimate of drug-likeness (QED) is 0.126. The summed E-state index contributed by atoms with van der Waals surface area (Å²) in [5.41, 5.74) is -0.919. The molecule has 4 aliphatic heterocycles. The normalized spacial score (nSPS) is 30.1. The van der Waals surface area contributed by atoms with Crippen molar-refractivity contribution >= 4 is 13.8 Å². The molecule has 40 heavy (non-hydrogen) atoms. The zero-order valence-electron chi connectivity index (χ0n) is 23.7. The number of aryl methyl sites for hydroxylation is 1. The van der Waals surface area contributed by atoms with Crippen molar-refractivity contribution in [2.75, 3.05) is 59.0 Å². The molecule has 3 atom stereocenters. The van der Waals surface area contributed by atoms with Crippen LogP contribution in [0.25, 0.3) is 0 Å². The van der Waals surface area contributed by atoms with Crippen LogP contribution in [0, 0.1) is 6.92 Å². The molecule has 13 nitrogen and oxygen atoms in total. The molecule has 4 fully saturated rings. The van der Waals surface area contributed by atoms with Gasteiger partial charge in [-0.1, -0.05) is 13.3 Å². The maximum absolute atomic E-state index is 12.7. The minimum atomic E-state index is -4.79. The lowest BCUT2D eigenvalue weighted by molar-refractivity contribution is -1.08. The third-order valence-corrected chi connectivity index (χ3v) is 9.46. The first-order chi connectivity index (χ1) is 18.9. The Morgan fingerprint density at radius 1 is 1.07 bits per heavy atom. The molecule has 0 amide bonds. The molecule has 1 aromatic heterocycles. The molecule has 1 aromatic rings. The number of fused-ring (bicyclic) bond motifs is 3. The summed E-state index contributed by atoms with van der Waals surface area (Å²) in [5, 5.41) is 0. The number of carbonyl (C=O) groups is 1. The Morgan fingerprint density at radius 2 is 1.68 bits per heavy atom. The van der Waals surface area contributed by atoms with E-state index in [9.17, 15) is 18.9 Å². The molecule has 0 spiro atoms. The Balaban J connectivity index is 1.26. The summed E-state index contributed by atoms with van der Waals surface area (Å²) < 4.78 is 30.9. The van der Waals surface area contributed by atoms with Crippen molar-refractivity contribution in [2.45, 2.75) is 77.2 Å². The Morgan fingerprint density at radius 3 is 2.25 bits per heavy atom. The summed E-state index contributed by atoms with van der Waals surface area (Å²) in [6.45, 7) is 13.0. The lowest BCUT2D eigenvalue weighted by Gasteiger charge is -2.55. The number of phosphoric acid groups is 1. The van der Waals surface area contributed by atoms with Gasteiger partial charge >= 0.3 is 19.5 Å². The van der Waals surface area contributed by atoms with E-state index in [1.165, 1.54) is 87.2 Å². The van der Waals surface area contributed by atoms with Gasteiger partial charge in [0.15, 0.2) is 0 Å². The summed E-state index contributed by atoms with van der Waals surface area (Å²) in [6, 6.07) is 0. The number of aromatic nitrogens is 2. The average molecular weight is 589 g/mol. The zero-order valence-corrected chi connectivity index (χ0v) is 24.6. The molecule has 0 saturated carbocycles. The van der Waals surface area contributed by atoms with Crippen molar-refractivity contribution in [3.63, 3.8) is 0 Å². The SMILES string of the molecule is CCCCC[N+]12CC[N+](CCCCC(=O)O[C@H]3C[C@H](n4cc(C)c(=O)[nH]c4=O)O[C@@H]3COP(=O)(O)O)(CC1)CC2. The number of nitrogens with zero attached hydrogens (tertiary/aromatic N) is 3. The Labute approximate surface area is 234 Å². The second-order valence-corrected chi connectivity index (χ2v) is 13.0. The van der Waals surface area contributed by atoms with Gasteiger partial charge in [-0.05, 0) is 32.6 Å². The molecule has 0 aromatic carbocycles. The fourth-order valence-corrected chi connectivity index (χ4v) is 6.71. The molecule has 0 radical (unpaired) electrons. The fourth-order valence-electron chi connectivity index (χ4n) is 6.37. The van der Waals surface area contributed by atoms with Crippen molar-refractivity contribution in [1.82, 2.24) is 9.55 Å². The number of esters is 1. The number of H-pyrrole nitrogens is 1. The summed E-state index contributed by atoms with van der Waals surface area (Å²) >= 11 is 0. The zero-order chi connectivity index (χ0) is 29.0. The van der Waals surface area contributed by atoms with Gasteiger partial charge < -0.3 is 28.2 Å². The van der Waals surface area contributed by atoms with Crippen LogP contribution in [0.4, 0.5) is 0 Å². The van der Waals surface area contributed by atoms with Crippen molar-refractivity contribution in [3.05, 3.63) is 32.6 Å². The van der Waals surface area contributed by atoms with Crippen LogP contribution in [0.5, 0.6) is 0 Å². The molecule has 5 rings (SSSR count). The van der Waals surface area contributed by atoms with Crippen LogP contribution in [0.1, 0.15) is 63.7 Å². The van der Waals surface area contributed by atoms with E-state index in [1.54, 1.807) is 0 Å². The van der Waals surface area contributed by atoms with Gasteiger partial charge in [-0.25, -0.2) is 9.36 Å². The Kier molecular flexibility index (Phi) is 10.1. The van der Waals surface area contributed by atoms with Crippen LogP contribution in [0.15, 0.2) is 15.8 Å². The third kappa shape index (κ3) is 7.90. The van der Waals surface area contributed by atoms with Crippen LogP contribution in [-0.2, 0) is 23.4 Å². The number of ether oxygens (including phenoxy) is 2. The first-order valence-electron chi connectivity index (χ1n) is 14.5. The average Bonchev–Trinajstić information content (AvgIpc) is 3.30. The van der Waals surface area contributed by atoms with Crippen LogP contribution >= 0.6 is 7.82 Å². The summed E-state index contributed by atoms with van der Waals surface area (Å²) in [7, 11) is -4.79. The van der Waals surface area contributed by atoms with Crippen LogP contribution in [0.2, 0.25) is 0 Å². The molecule has 3 N–H and O–H groups in total. The lowest BCUT2D eigenvalue weighted by Crippen LogP contribution is -2.75. The van der Waals surface area contributed by atoms with E-state index in [0.29, 0.717) is 12.0 Å². The highest BCUT2D eigenvalue weighted by Gasteiger charge is 2.48. The Hall–Kier alpha value is -1.86. The minimum absolute atomic E-state index is 0.0740. The highest BCUT2D eigenvalue weighted by atomic mass is 31.2. The van der Waals surface area contributed by atoms with Gasteiger partial charge in [0, 0.05) is 24.6 Å². The predicted octanol–water partition coefficient (Wildman–Crippen LogP) is 1.17. The van der Waals surface area contributed by atoms with E-state index in [-0.39, 0.29) is 12.8 Å². The van der Waals surface area contributed by atoms with Gasteiger partial charge in [-0.2, -0.15) is 0 Å². The molecule has 0 aliphatic carbocycles. The van der Waals surface area contributed by atoms with E-state index >= 15 is 0 Å². The highest BCUT2D eigenvalue weighted by Crippen LogP contribution is 2.39. The van der Waals surface area contributed by atoms with Crippen molar-refractivity contribution in [1.29, 1.82) is 0 Å². The smallest absolute Gasteiger partial charge is 0.459 e. The number of hydrogen-bond donors (Lipinski definition) is 3. The number of quaternary nitrogens is 2. The van der Waals surface area contributed by atoms with Crippen molar-refractivity contribution in [2.24, 2.45) is 0 Å². The molecule has 4 saturated heterocycles. The molecule has 4 aliphatic rings. The van der Waals surface area contributed by atoms with E-state index in [1.807, 2.05) is 0 Å². The second kappa shape index (κ2) is 13.0. The van der Waals surface area contributed by atoms with Gasteiger partial charge in [-0.15, -0.1) is 0 Å². The maximum Gasteiger partial charge on any atom is 0.469 e. The summed E-state index contributed by atoms with van der Waals surface area (Å²) in [5.74, 6) is -0.427.